The Hall–Kier alpha value is -3.42. The summed E-state index contributed by atoms with van der Waals surface area (Å²) in [6, 6.07) is 13.3. The Morgan fingerprint density at radius 3 is 2.53 bits per heavy atom. The summed E-state index contributed by atoms with van der Waals surface area (Å²) in [5, 5.41) is 12.1. The van der Waals surface area contributed by atoms with Gasteiger partial charge in [0, 0.05) is 30.6 Å². The zero-order valence-corrected chi connectivity index (χ0v) is 18.1. The third kappa shape index (κ3) is 3.92. The van der Waals surface area contributed by atoms with Crippen LogP contribution in [-0.2, 0) is 0 Å². The van der Waals surface area contributed by atoms with Crippen molar-refractivity contribution in [1.82, 2.24) is 9.97 Å². The standard InChI is InChI=1S/C24H26N4O4/c1-31-22-8-3-2-7-19(22)16-11-13-27(14-12-16)23-20-15-17(28(29)30)9-10-21(20)25-24(26-23)32-18-5-4-6-18/h2-3,7-10,15-16,18H,4-6,11-14H2,1H3. The molecule has 1 saturated heterocycles. The number of aromatic nitrogens is 2. The summed E-state index contributed by atoms with van der Waals surface area (Å²) in [7, 11) is 1.71. The molecule has 2 aromatic carbocycles. The second-order valence-corrected chi connectivity index (χ2v) is 8.46. The number of anilines is 1. The highest BCUT2D eigenvalue weighted by Crippen LogP contribution is 2.37. The number of nitro benzene ring substituents is 1. The third-order valence-corrected chi connectivity index (χ3v) is 6.55. The molecule has 2 fully saturated rings. The van der Waals surface area contributed by atoms with E-state index in [0.717, 1.165) is 50.9 Å². The predicted octanol–water partition coefficient (Wildman–Crippen LogP) is 4.86. The van der Waals surface area contributed by atoms with Gasteiger partial charge in [-0.25, -0.2) is 0 Å². The molecule has 166 valence electrons. The van der Waals surface area contributed by atoms with Crippen LogP contribution in [0.15, 0.2) is 42.5 Å². The molecule has 0 radical (unpaired) electrons. The molecule has 1 aliphatic heterocycles. The van der Waals surface area contributed by atoms with Crippen molar-refractivity contribution in [2.45, 2.75) is 44.1 Å². The molecule has 1 saturated carbocycles. The number of nitro groups is 1. The number of benzene rings is 2. The SMILES string of the molecule is COc1ccccc1C1CCN(c2nc(OC3CCC3)nc3ccc([N+](=O)[O-])cc23)CC1. The van der Waals surface area contributed by atoms with Gasteiger partial charge in [-0.05, 0) is 55.7 Å². The Labute approximate surface area is 186 Å². The van der Waals surface area contributed by atoms with E-state index in [0.29, 0.717) is 28.6 Å². The second-order valence-electron chi connectivity index (χ2n) is 8.46. The summed E-state index contributed by atoms with van der Waals surface area (Å²) in [5.74, 6) is 2.03. The van der Waals surface area contributed by atoms with E-state index in [2.05, 4.69) is 16.0 Å². The molecule has 8 nitrogen and oxygen atoms in total. The lowest BCUT2D eigenvalue weighted by Gasteiger charge is -2.34. The van der Waals surface area contributed by atoms with Crippen LogP contribution < -0.4 is 14.4 Å². The van der Waals surface area contributed by atoms with Gasteiger partial charge < -0.3 is 14.4 Å². The van der Waals surface area contributed by atoms with E-state index in [1.807, 2.05) is 18.2 Å². The molecule has 32 heavy (non-hydrogen) atoms. The topological polar surface area (TPSA) is 90.6 Å². The quantitative estimate of drug-likeness (QED) is 0.404. The predicted molar refractivity (Wildman–Crippen MR) is 122 cm³/mol. The van der Waals surface area contributed by atoms with Crippen molar-refractivity contribution in [2.75, 3.05) is 25.1 Å². The number of para-hydroxylation sites is 1. The number of piperidine rings is 1. The van der Waals surface area contributed by atoms with Crippen LogP contribution in [-0.4, -0.2) is 41.2 Å². The fourth-order valence-corrected chi connectivity index (χ4v) is 4.53. The minimum Gasteiger partial charge on any atom is -0.496 e. The highest BCUT2D eigenvalue weighted by molar-refractivity contribution is 5.91. The van der Waals surface area contributed by atoms with Gasteiger partial charge in [0.1, 0.15) is 17.7 Å². The highest BCUT2D eigenvalue weighted by Gasteiger charge is 2.27. The maximum atomic E-state index is 11.4. The average molecular weight is 434 g/mol. The van der Waals surface area contributed by atoms with Gasteiger partial charge >= 0.3 is 6.01 Å². The molecule has 1 aromatic heterocycles. The van der Waals surface area contributed by atoms with Gasteiger partial charge in [-0.1, -0.05) is 18.2 Å². The molecule has 0 atom stereocenters. The summed E-state index contributed by atoms with van der Waals surface area (Å²) in [6.45, 7) is 1.58. The zero-order chi connectivity index (χ0) is 22.1. The molecule has 5 rings (SSSR count). The monoisotopic (exact) mass is 434 g/mol. The van der Waals surface area contributed by atoms with Crippen LogP contribution in [0.4, 0.5) is 11.5 Å². The smallest absolute Gasteiger partial charge is 0.319 e. The molecule has 1 aliphatic carbocycles. The van der Waals surface area contributed by atoms with Gasteiger partial charge in [-0.3, -0.25) is 10.1 Å². The number of hydrogen-bond donors (Lipinski definition) is 0. The lowest BCUT2D eigenvalue weighted by atomic mass is 9.88. The Morgan fingerprint density at radius 2 is 1.84 bits per heavy atom. The summed E-state index contributed by atoms with van der Waals surface area (Å²) >= 11 is 0. The molecule has 0 N–H and O–H groups in total. The summed E-state index contributed by atoms with van der Waals surface area (Å²) < 4.78 is 11.5. The molecule has 0 amide bonds. The van der Waals surface area contributed by atoms with Gasteiger partial charge in [0.15, 0.2) is 0 Å². The van der Waals surface area contributed by atoms with Crippen LogP contribution in [0.3, 0.4) is 0 Å². The zero-order valence-electron chi connectivity index (χ0n) is 18.1. The van der Waals surface area contributed by atoms with Crippen LogP contribution in [0, 0.1) is 10.1 Å². The van der Waals surface area contributed by atoms with Crippen molar-refractivity contribution >= 4 is 22.4 Å². The van der Waals surface area contributed by atoms with Crippen molar-refractivity contribution in [3.8, 4) is 11.8 Å². The number of rotatable bonds is 6. The van der Waals surface area contributed by atoms with E-state index in [4.69, 9.17) is 14.5 Å². The fourth-order valence-electron chi connectivity index (χ4n) is 4.53. The molecule has 0 bridgehead atoms. The Balaban J connectivity index is 1.45. The second kappa shape index (κ2) is 8.61. The van der Waals surface area contributed by atoms with Gasteiger partial charge in [0.05, 0.1) is 17.5 Å². The van der Waals surface area contributed by atoms with Crippen molar-refractivity contribution in [2.24, 2.45) is 0 Å². The minimum atomic E-state index is -0.379. The molecule has 0 spiro atoms. The van der Waals surface area contributed by atoms with Gasteiger partial charge in [0.25, 0.3) is 5.69 Å². The first-order chi connectivity index (χ1) is 15.6. The van der Waals surface area contributed by atoms with Crippen molar-refractivity contribution in [1.29, 1.82) is 0 Å². The van der Waals surface area contributed by atoms with E-state index in [1.54, 1.807) is 19.2 Å². The molecule has 2 heterocycles. The molecular weight excluding hydrogens is 408 g/mol. The summed E-state index contributed by atoms with van der Waals surface area (Å²) in [4.78, 5) is 22.5. The van der Waals surface area contributed by atoms with E-state index >= 15 is 0 Å². The summed E-state index contributed by atoms with van der Waals surface area (Å²) in [6.07, 6.45) is 5.24. The van der Waals surface area contributed by atoms with Gasteiger partial charge in [-0.15, -0.1) is 0 Å². The largest absolute Gasteiger partial charge is 0.496 e. The first-order valence-electron chi connectivity index (χ1n) is 11.1. The third-order valence-electron chi connectivity index (χ3n) is 6.55. The van der Waals surface area contributed by atoms with Crippen LogP contribution in [0.25, 0.3) is 10.9 Å². The lowest BCUT2D eigenvalue weighted by Crippen LogP contribution is -2.34. The van der Waals surface area contributed by atoms with Crippen molar-refractivity contribution < 1.29 is 14.4 Å². The van der Waals surface area contributed by atoms with Crippen LogP contribution in [0.1, 0.15) is 43.6 Å². The maximum Gasteiger partial charge on any atom is 0.319 e. The Morgan fingerprint density at radius 1 is 1.06 bits per heavy atom. The molecule has 3 aromatic rings. The molecule has 2 aliphatic rings. The molecular formula is C24H26N4O4. The number of fused-ring (bicyclic) bond motifs is 1. The van der Waals surface area contributed by atoms with Crippen LogP contribution >= 0.6 is 0 Å². The normalized spacial score (nSPS) is 17.2. The van der Waals surface area contributed by atoms with Crippen molar-refractivity contribution in [3.63, 3.8) is 0 Å². The first-order valence-corrected chi connectivity index (χ1v) is 11.1. The molecule has 0 unspecified atom stereocenters. The van der Waals surface area contributed by atoms with E-state index in [1.165, 1.54) is 11.6 Å². The van der Waals surface area contributed by atoms with Crippen LogP contribution in [0.5, 0.6) is 11.8 Å². The number of nitrogens with zero attached hydrogens (tertiary/aromatic N) is 4. The van der Waals surface area contributed by atoms with Gasteiger partial charge in [0.2, 0.25) is 0 Å². The minimum absolute atomic E-state index is 0.0407. The molecule has 8 heteroatoms. The first kappa shape index (κ1) is 20.5. The fraction of sp³-hybridized carbons (Fsp3) is 0.417. The Kier molecular flexibility index (Phi) is 5.51. The number of hydrogen-bond acceptors (Lipinski definition) is 7. The van der Waals surface area contributed by atoms with Crippen LogP contribution in [0.2, 0.25) is 0 Å². The maximum absolute atomic E-state index is 11.4. The Bertz CT molecular complexity index is 1140. The van der Waals surface area contributed by atoms with Gasteiger partial charge in [-0.2, -0.15) is 9.97 Å². The summed E-state index contributed by atoms with van der Waals surface area (Å²) in [5.41, 5.74) is 1.94. The lowest BCUT2D eigenvalue weighted by molar-refractivity contribution is -0.384. The average Bonchev–Trinajstić information content (AvgIpc) is 2.80. The number of methoxy groups -OCH3 is 1. The van der Waals surface area contributed by atoms with E-state index < -0.39 is 0 Å². The highest BCUT2D eigenvalue weighted by atomic mass is 16.6. The van der Waals surface area contributed by atoms with E-state index in [9.17, 15) is 10.1 Å². The number of non-ortho nitro benzene ring substituents is 1. The van der Waals surface area contributed by atoms with E-state index in [-0.39, 0.29) is 16.7 Å². The van der Waals surface area contributed by atoms with Crippen molar-refractivity contribution in [3.05, 3.63) is 58.1 Å². The number of ether oxygens (including phenoxy) is 2.